The van der Waals surface area contributed by atoms with Crippen LogP contribution in [-0.2, 0) is 24.3 Å². The van der Waals surface area contributed by atoms with Crippen molar-refractivity contribution in [3.05, 3.63) is 54.1 Å². The van der Waals surface area contributed by atoms with Gasteiger partial charge in [-0.3, -0.25) is 14.5 Å². The SMILES string of the molecule is CC(=O)N1CCc2c(nc(-c3ccccn3)nc2N[C@H](C)Cn2cccn2)C1. The van der Waals surface area contributed by atoms with Crippen molar-refractivity contribution < 1.29 is 4.79 Å². The van der Waals surface area contributed by atoms with Gasteiger partial charge in [0.1, 0.15) is 11.5 Å². The number of aromatic nitrogens is 5. The smallest absolute Gasteiger partial charge is 0.219 e. The number of pyridine rings is 1. The molecule has 3 aromatic rings. The Kier molecular flexibility index (Phi) is 5.01. The Balaban J connectivity index is 1.67. The summed E-state index contributed by atoms with van der Waals surface area (Å²) in [6.45, 7) is 5.59. The molecule has 1 atom stereocenters. The lowest BCUT2D eigenvalue weighted by Crippen LogP contribution is -2.36. The second-order valence-corrected chi connectivity index (χ2v) is 7.00. The van der Waals surface area contributed by atoms with Crippen LogP contribution in [0.3, 0.4) is 0 Å². The van der Waals surface area contributed by atoms with Crippen LogP contribution in [0.1, 0.15) is 25.1 Å². The maximum Gasteiger partial charge on any atom is 0.219 e. The van der Waals surface area contributed by atoms with Gasteiger partial charge in [0.05, 0.1) is 18.8 Å². The van der Waals surface area contributed by atoms with E-state index in [0.717, 1.165) is 30.0 Å². The second kappa shape index (κ2) is 7.75. The van der Waals surface area contributed by atoms with E-state index in [9.17, 15) is 4.79 Å². The van der Waals surface area contributed by atoms with Crippen molar-refractivity contribution >= 4 is 11.7 Å². The minimum absolute atomic E-state index is 0.0604. The molecule has 1 N–H and O–H groups in total. The number of hydrogen-bond donors (Lipinski definition) is 1. The number of nitrogens with zero attached hydrogens (tertiary/aromatic N) is 6. The monoisotopic (exact) mass is 377 g/mol. The predicted octanol–water partition coefficient (Wildman–Crippen LogP) is 2.14. The molecule has 8 nitrogen and oxygen atoms in total. The average molecular weight is 377 g/mol. The molecule has 1 amide bonds. The molecule has 0 fully saturated rings. The molecule has 1 aliphatic rings. The molecular weight excluding hydrogens is 354 g/mol. The van der Waals surface area contributed by atoms with Crippen LogP contribution in [0.25, 0.3) is 11.5 Å². The van der Waals surface area contributed by atoms with Crippen molar-refractivity contribution in [3.63, 3.8) is 0 Å². The molecule has 1 aliphatic heterocycles. The third-order valence-corrected chi connectivity index (χ3v) is 4.81. The first-order valence-electron chi connectivity index (χ1n) is 9.41. The van der Waals surface area contributed by atoms with Crippen LogP contribution in [0.15, 0.2) is 42.9 Å². The van der Waals surface area contributed by atoms with Crippen LogP contribution < -0.4 is 5.32 Å². The van der Waals surface area contributed by atoms with E-state index in [4.69, 9.17) is 9.97 Å². The number of nitrogens with one attached hydrogen (secondary N) is 1. The van der Waals surface area contributed by atoms with Crippen LogP contribution in [0.5, 0.6) is 0 Å². The number of amides is 1. The Hall–Kier alpha value is -3.29. The van der Waals surface area contributed by atoms with Crippen LogP contribution in [0.2, 0.25) is 0 Å². The van der Waals surface area contributed by atoms with Gasteiger partial charge in [0, 0.05) is 43.7 Å². The Morgan fingerprint density at radius 1 is 1.25 bits per heavy atom. The Morgan fingerprint density at radius 2 is 2.14 bits per heavy atom. The second-order valence-electron chi connectivity index (χ2n) is 7.00. The van der Waals surface area contributed by atoms with Crippen LogP contribution >= 0.6 is 0 Å². The lowest BCUT2D eigenvalue weighted by atomic mass is 10.0. The molecule has 0 aliphatic carbocycles. The van der Waals surface area contributed by atoms with Crippen molar-refractivity contribution in [2.24, 2.45) is 0 Å². The lowest BCUT2D eigenvalue weighted by molar-refractivity contribution is -0.129. The Morgan fingerprint density at radius 3 is 2.86 bits per heavy atom. The van der Waals surface area contributed by atoms with E-state index >= 15 is 0 Å². The van der Waals surface area contributed by atoms with Gasteiger partial charge in [-0.1, -0.05) is 6.07 Å². The molecule has 144 valence electrons. The van der Waals surface area contributed by atoms with Crippen molar-refractivity contribution in [1.29, 1.82) is 0 Å². The quantitative estimate of drug-likeness (QED) is 0.733. The first-order valence-corrected chi connectivity index (χ1v) is 9.41. The van der Waals surface area contributed by atoms with Gasteiger partial charge in [-0.15, -0.1) is 0 Å². The lowest BCUT2D eigenvalue weighted by Gasteiger charge is -2.29. The first kappa shape index (κ1) is 18.1. The number of carbonyl (C=O) groups is 1. The standard InChI is InChI=1S/C20H23N7O/c1-14(12-27-10-5-9-22-27)23-19-16-7-11-26(15(2)28)13-18(16)24-20(25-19)17-6-3-4-8-21-17/h3-6,8-10,14H,7,11-13H2,1-2H3,(H,23,24,25)/t14-/m1/s1. The molecule has 4 heterocycles. The minimum Gasteiger partial charge on any atom is -0.365 e. The van der Waals surface area contributed by atoms with E-state index in [1.54, 1.807) is 19.3 Å². The highest BCUT2D eigenvalue weighted by molar-refractivity contribution is 5.74. The van der Waals surface area contributed by atoms with E-state index < -0.39 is 0 Å². The summed E-state index contributed by atoms with van der Waals surface area (Å²) in [6, 6.07) is 7.71. The molecule has 0 aromatic carbocycles. The number of rotatable bonds is 5. The van der Waals surface area contributed by atoms with E-state index in [-0.39, 0.29) is 11.9 Å². The molecular formula is C20H23N7O. The fourth-order valence-electron chi connectivity index (χ4n) is 3.40. The maximum atomic E-state index is 11.8. The van der Waals surface area contributed by atoms with E-state index in [1.165, 1.54) is 0 Å². The molecule has 0 saturated carbocycles. The Labute approximate surface area is 163 Å². The molecule has 0 bridgehead atoms. The van der Waals surface area contributed by atoms with E-state index in [2.05, 4.69) is 22.3 Å². The highest BCUT2D eigenvalue weighted by atomic mass is 16.2. The largest absolute Gasteiger partial charge is 0.365 e. The molecule has 3 aromatic heterocycles. The minimum atomic E-state index is 0.0604. The summed E-state index contributed by atoms with van der Waals surface area (Å²) in [6.07, 6.45) is 6.17. The zero-order valence-electron chi connectivity index (χ0n) is 16.0. The summed E-state index contributed by atoms with van der Waals surface area (Å²) in [7, 11) is 0. The highest BCUT2D eigenvalue weighted by Crippen LogP contribution is 2.27. The normalized spacial score (nSPS) is 14.4. The summed E-state index contributed by atoms with van der Waals surface area (Å²) >= 11 is 0. The van der Waals surface area contributed by atoms with E-state index in [1.807, 2.05) is 40.0 Å². The summed E-state index contributed by atoms with van der Waals surface area (Å²) in [5.74, 6) is 1.44. The summed E-state index contributed by atoms with van der Waals surface area (Å²) in [4.78, 5) is 27.6. The van der Waals surface area contributed by atoms with Gasteiger partial charge >= 0.3 is 0 Å². The maximum absolute atomic E-state index is 11.8. The fraction of sp³-hybridized carbons (Fsp3) is 0.350. The first-order chi connectivity index (χ1) is 13.6. The molecule has 4 rings (SSSR count). The van der Waals surface area contributed by atoms with Crippen molar-refractivity contribution in [1.82, 2.24) is 29.6 Å². The van der Waals surface area contributed by atoms with Crippen LogP contribution in [-0.4, -0.2) is 48.1 Å². The number of anilines is 1. The molecule has 0 unspecified atom stereocenters. The molecule has 8 heteroatoms. The number of fused-ring (bicyclic) bond motifs is 1. The fourth-order valence-corrected chi connectivity index (χ4v) is 3.40. The van der Waals surface area contributed by atoms with Crippen molar-refractivity contribution in [2.45, 2.75) is 39.4 Å². The van der Waals surface area contributed by atoms with Crippen LogP contribution in [0, 0.1) is 0 Å². The number of carbonyl (C=O) groups excluding carboxylic acids is 1. The van der Waals surface area contributed by atoms with E-state index in [0.29, 0.717) is 24.6 Å². The highest BCUT2D eigenvalue weighted by Gasteiger charge is 2.25. The molecule has 0 spiro atoms. The van der Waals surface area contributed by atoms with Gasteiger partial charge < -0.3 is 10.2 Å². The zero-order chi connectivity index (χ0) is 19.5. The average Bonchev–Trinajstić information content (AvgIpc) is 3.21. The van der Waals surface area contributed by atoms with Crippen LogP contribution in [0.4, 0.5) is 5.82 Å². The molecule has 0 radical (unpaired) electrons. The third kappa shape index (κ3) is 3.85. The summed E-state index contributed by atoms with van der Waals surface area (Å²) in [5, 5.41) is 7.79. The topological polar surface area (TPSA) is 88.8 Å². The van der Waals surface area contributed by atoms with Crippen molar-refractivity contribution in [2.75, 3.05) is 11.9 Å². The van der Waals surface area contributed by atoms with Gasteiger partial charge in [-0.2, -0.15) is 5.10 Å². The third-order valence-electron chi connectivity index (χ3n) is 4.81. The Bertz CT molecular complexity index is 956. The molecule has 0 saturated heterocycles. The van der Waals surface area contributed by atoms with Gasteiger partial charge in [-0.05, 0) is 31.5 Å². The summed E-state index contributed by atoms with van der Waals surface area (Å²) in [5.41, 5.74) is 2.67. The zero-order valence-corrected chi connectivity index (χ0v) is 16.0. The van der Waals surface area contributed by atoms with Gasteiger partial charge in [0.15, 0.2) is 5.82 Å². The van der Waals surface area contributed by atoms with Gasteiger partial charge in [0.2, 0.25) is 5.91 Å². The van der Waals surface area contributed by atoms with Gasteiger partial charge in [-0.25, -0.2) is 9.97 Å². The molecule has 28 heavy (non-hydrogen) atoms. The summed E-state index contributed by atoms with van der Waals surface area (Å²) < 4.78 is 1.89. The van der Waals surface area contributed by atoms with Crippen molar-refractivity contribution in [3.8, 4) is 11.5 Å². The predicted molar refractivity (Wildman–Crippen MR) is 105 cm³/mol. The number of hydrogen-bond acceptors (Lipinski definition) is 6. The van der Waals surface area contributed by atoms with Gasteiger partial charge in [0.25, 0.3) is 0 Å².